The number of benzene rings is 2. The zero-order valence-corrected chi connectivity index (χ0v) is 19.6. The molecule has 2 aromatic heterocycles. The molecule has 4 aromatic rings. The van der Waals surface area contributed by atoms with Crippen molar-refractivity contribution in [2.45, 2.75) is 35.7 Å². The van der Waals surface area contributed by atoms with E-state index in [-0.39, 0.29) is 14.8 Å². The molecule has 0 spiro atoms. The van der Waals surface area contributed by atoms with Gasteiger partial charge in [-0.05, 0) is 19.1 Å². The molecule has 0 atom stereocenters. The fraction of sp³-hybridized carbons (Fsp3) is 0.208. The summed E-state index contributed by atoms with van der Waals surface area (Å²) in [5.74, 6) is 0.584. The first-order valence-corrected chi connectivity index (χ1v) is 12.9. The second-order valence-corrected chi connectivity index (χ2v) is 11.3. The second-order valence-electron chi connectivity index (χ2n) is 8.08. The summed E-state index contributed by atoms with van der Waals surface area (Å²) in [4.78, 5) is 27.7. The van der Waals surface area contributed by atoms with Crippen molar-refractivity contribution < 1.29 is 8.42 Å². The Morgan fingerprint density at radius 3 is 2.61 bits per heavy atom. The number of H-pyrrole nitrogens is 1. The monoisotopic (exact) mass is 478 g/mol. The van der Waals surface area contributed by atoms with Crippen molar-refractivity contribution in [3.63, 3.8) is 0 Å². The van der Waals surface area contributed by atoms with E-state index in [2.05, 4.69) is 14.9 Å². The molecule has 9 heteroatoms. The third-order valence-corrected chi connectivity index (χ3v) is 8.81. The number of aryl methyl sites for hydroxylation is 1. The predicted octanol–water partition coefficient (Wildman–Crippen LogP) is 3.59. The van der Waals surface area contributed by atoms with Crippen molar-refractivity contribution in [1.29, 1.82) is 0 Å². The van der Waals surface area contributed by atoms with Crippen LogP contribution in [0.3, 0.4) is 0 Å². The molecule has 0 saturated heterocycles. The third kappa shape index (κ3) is 4.39. The van der Waals surface area contributed by atoms with Crippen molar-refractivity contribution in [3.05, 3.63) is 92.8 Å². The highest BCUT2D eigenvalue weighted by molar-refractivity contribution is 7.93. The lowest BCUT2D eigenvalue weighted by molar-refractivity contribution is 0.244. The molecule has 2 aromatic carbocycles. The summed E-state index contributed by atoms with van der Waals surface area (Å²) in [5, 5.41) is 0. The first-order valence-electron chi connectivity index (χ1n) is 10.6. The number of sulfone groups is 1. The van der Waals surface area contributed by atoms with Gasteiger partial charge in [0.15, 0.2) is 0 Å². The van der Waals surface area contributed by atoms with E-state index in [4.69, 9.17) is 4.98 Å². The second kappa shape index (κ2) is 8.66. The molecule has 7 nitrogen and oxygen atoms in total. The number of nitrogens with one attached hydrogen (secondary N) is 1. The number of hydrogen-bond donors (Lipinski definition) is 1. The summed E-state index contributed by atoms with van der Waals surface area (Å²) in [5.41, 5.74) is 3.24. The molecule has 168 valence electrons. The van der Waals surface area contributed by atoms with Crippen LogP contribution >= 0.6 is 11.3 Å². The standard InChI is InChI=1S/C24H22N4O3S2/c1-16-7-9-19(10-8-16)33(30,31)24-25-13-18(32-24)14-28-12-11-21-20(15-28)23(29)27-22(26-21)17-5-3-2-4-6-17/h2-10,13H,11-12,14-15H2,1H3,(H,26,27,29). The molecule has 5 rings (SSSR count). The van der Waals surface area contributed by atoms with Gasteiger partial charge in [-0.15, -0.1) is 11.3 Å². The van der Waals surface area contributed by atoms with Crippen LogP contribution in [0, 0.1) is 6.92 Å². The molecule has 0 saturated carbocycles. The molecule has 1 aliphatic heterocycles. The van der Waals surface area contributed by atoms with E-state index >= 15 is 0 Å². The van der Waals surface area contributed by atoms with Crippen LogP contribution < -0.4 is 5.56 Å². The van der Waals surface area contributed by atoms with Gasteiger partial charge in [0.1, 0.15) is 5.82 Å². The molecule has 0 bridgehead atoms. The average Bonchev–Trinajstić information content (AvgIpc) is 3.30. The Hall–Kier alpha value is -3.14. The smallest absolute Gasteiger partial charge is 0.255 e. The van der Waals surface area contributed by atoms with Crippen LogP contribution in [0.25, 0.3) is 11.4 Å². The van der Waals surface area contributed by atoms with Gasteiger partial charge in [-0.2, -0.15) is 0 Å². The Bertz CT molecular complexity index is 1460. The highest BCUT2D eigenvalue weighted by Crippen LogP contribution is 2.27. The molecule has 1 N–H and O–H groups in total. The minimum Gasteiger partial charge on any atom is -0.306 e. The molecular weight excluding hydrogens is 456 g/mol. The Kier molecular flexibility index (Phi) is 5.69. The summed E-state index contributed by atoms with van der Waals surface area (Å²) in [6.45, 7) is 3.64. The van der Waals surface area contributed by atoms with E-state index in [1.165, 1.54) is 11.3 Å². The third-order valence-electron chi connectivity index (χ3n) is 5.67. The Morgan fingerprint density at radius 1 is 1.09 bits per heavy atom. The molecule has 3 heterocycles. The van der Waals surface area contributed by atoms with Gasteiger partial charge < -0.3 is 4.98 Å². The molecule has 0 unspecified atom stereocenters. The van der Waals surface area contributed by atoms with Gasteiger partial charge in [-0.1, -0.05) is 48.0 Å². The number of fused-ring (bicyclic) bond motifs is 1. The first kappa shape index (κ1) is 21.7. The number of thiazole rings is 1. The van der Waals surface area contributed by atoms with Gasteiger partial charge in [-0.25, -0.2) is 18.4 Å². The lowest BCUT2D eigenvalue weighted by atomic mass is 10.1. The van der Waals surface area contributed by atoms with E-state index in [1.807, 2.05) is 37.3 Å². The van der Waals surface area contributed by atoms with Gasteiger partial charge in [-0.3, -0.25) is 9.69 Å². The van der Waals surface area contributed by atoms with Crippen LogP contribution in [0.15, 0.2) is 74.8 Å². The van der Waals surface area contributed by atoms with Gasteiger partial charge in [0, 0.05) is 42.7 Å². The van der Waals surface area contributed by atoms with Gasteiger partial charge >= 0.3 is 0 Å². The topological polar surface area (TPSA) is 96.0 Å². The summed E-state index contributed by atoms with van der Waals surface area (Å²) in [6, 6.07) is 16.4. The summed E-state index contributed by atoms with van der Waals surface area (Å²) in [6.07, 6.45) is 2.27. The van der Waals surface area contributed by atoms with Crippen LogP contribution in [0.2, 0.25) is 0 Å². The lowest BCUT2D eigenvalue weighted by Gasteiger charge is -2.27. The van der Waals surface area contributed by atoms with Gasteiger partial charge in [0.05, 0.1) is 16.2 Å². The Morgan fingerprint density at radius 2 is 1.85 bits per heavy atom. The quantitative estimate of drug-likeness (QED) is 0.471. The largest absolute Gasteiger partial charge is 0.306 e. The average molecular weight is 479 g/mol. The minimum absolute atomic E-state index is 0.0887. The molecule has 0 fully saturated rings. The normalized spacial score (nSPS) is 14.2. The summed E-state index contributed by atoms with van der Waals surface area (Å²) >= 11 is 1.18. The van der Waals surface area contributed by atoms with Crippen molar-refractivity contribution >= 4 is 21.2 Å². The number of aromatic nitrogens is 3. The zero-order chi connectivity index (χ0) is 23.0. The Balaban J connectivity index is 1.33. The van der Waals surface area contributed by atoms with Crippen molar-refractivity contribution in [1.82, 2.24) is 19.9 Å². The number of rotatable bonds is 5. The van der Waals surface area contributed by atoms with E-state index in [9.17, 15) is 13.2 Å². The Labute approximate surface area is 195 Å². The molecular formula is C24H22N4O3S2. The summed E-state index contributed by atoms with van der Waals surface area (Å²) < 4.78 is 25.9. The molecule has 0 aliphatic carbocycles. The van der Waals surface area contributed by atoms with E-state index in [0.717, 1.165) is 28.2 Å². The molecule has 0 radical (unpaired) electrons. The van der Waals surface area contributed by atoms with Crippen LogP contribution in [0.5, 0.6) is 0 Å². The lowest BCUT2D eigenvalue weighted by Crippen LogP contribution is -2.35. The van der Waals surface area contributed by atoms with E-state index in [0.29, 0.717) is 30.9 Å². The van der Waals surface area contributed by atoms with Gasteiger partial charge in [0.25, 0.3) is 5.56 Å². The number of nitrogens with zero attached hydrogens (tertiary/aromatic N) is 3. The molecule has 1 aliphatic rings. The maximum Gasteiger partial charge on any atom is 0.255 e. The van der Waals surface area contributed by atoms with Gasteiger partial charge in [0.2, 0.25) is 14.2 Å². The minimum atomic E-state index is -3.64. The van der Waals surface area contributed by atoms with Crippen LogP contribution in [-0.2, 0) is 29.3 Å². The number of aromatic amines is 1. The van der Waals surface area contributed by atoms with E-state index in [1.54, 1.807) is 30.5 Å². The first-order chi connectivity index (χ1) is 15.9. The van der Waals surface area contributed by atoms with Crippen LogP contribution in [0.4, 0.5) is 0 Å². The highest BCUT2D eigenvalue weighted by Gasteiger charge is 2.25. The molecule has 0 amide bonds. The van der Waals surface area contributed by atoms with Crippen molar-refractivity contribution in [3.8, 4) is 11.4 Å². The van der Waals surface area contributed by atoms with Crippen LogP contribution in [0.1, 0.15) is 21.7 Å². The fourth-order valence-electron chi connectivity index (χ4n) is 3.87. The number of hydrogen-bond acceptors (Lipinski definition) is 7. The maximum absolute atomic E-state index is 12.9. The maximum atomic E-state index is 12.9. The predicted molar refractivity (Wildman–Crippen MR) is 127 cm³/mol. The highest BCUT2D eigenvalue weighted by atomic mass is 32.2. The van der Waals surface area contributed by atoms with Crippen molar-refractivity contribution in [2.75, 3.05) is 6.54 Å². The van der Waals surface area contributed by atoms with Crippen LogP contribution in [-0.4, -0.2) is 34.8 Å². The van der Waals surface area contributed by atoms with E-state index < -0.39 is 9.84 Å². The molecule has 33 heavy (non-hydrogen) atoms. The summed E-state index contributed by atoms with van der Waals surface area (Å²) in [7, 11) is -3.64. The fourth-order valence-corrected chi connectivity index (χ4v) is 6.49. The SMILES string of the molecule is Cc1ccc(S(=O)(=O)c2ncc(CN3CCc4nc(-c5ccccc5)[nH]c(=O)c4C3)s2)cc1. The zero-order valence-electron chi connectivity index (χ0n) is 18.0. The van der Waals surface area contributed by atoms with Crippen molar-refractivity contribution in [2.24, 2.45) is 0 Å².